The topological polar surface area (TPSA) is 54.0 Å². The smallest absolute Gasteiger partial charge is 0.270 e. The molecular weight excluding hydrogens is 318 g/mol. The van der Waals surface area contributed by atoms with Crippen LogP contribution >= 0.6 is 15.9 Å². The van der Waals surface area contributed by atoms with Crippen LogP contribution in [-0.4, -0.2) is 17.9 Å². The lowest BCUT2D eigenvalue weighted by Crippen LogP contribution is -2.27. The number of pyridine rings is 1. The van der Waals surface area contributed by atoms with E-state index in [2.05, 4.69) is 31.5 Å². The van der Waals surface area contributed by atoms with Gasteiger partial charge in [-0.2, -0.15) is 0 Å². The first kappa shape index (κ1) is 14.5. The third kappa shape index (κ3) is 3.57. The molecule has 2 rings (SSSR count). The van der Waals surface area contributed by atoms with Crippen molar-refractivity contribution < 1.29 is 4.79 Å². The van der Waals surface area contributed by atoms with Gasteiger partial charge in [-0.15, -0.1) is 0 Å². The number of carbonyl (C=O) groups excluding carboxylic acids is 1. The minimum Gasteiger partial charge on any atom is -0.388 e. The van der Waals surface area contributed by atoms with Crippen molar-refractivity contribution in [3.63, 3.8) is 0 Å². The number of amides is 1. The van der Waals surface area contributed by atoms with E-state index in [1.165, 1.54) is 0 Å². The molecule has 1 amide bonds. The molecule has 0 spiro atoms. The molecule has 20 heavy (non-hydrogen) atoms. The van der Waals surface area contributed by atoms with Crippen LogP contribution < -0.4 is 10.6 Å². The Morgan fingerprint density at radius 2 is 1.95 bits per heavy atom. The van der Waals surface area contributed by atoms with Crippen molar-refractivity contribution in [2.45, 2.75) is 13.0 Å². The highest BCUT2D eigenvalue weighted by Crippen LogP contribution is 2.17. The molecular formula is C15H16BrN3O. The number of halogens is 1. The van der Waals surface area contributed by atoms with E-state index in [-0.39, 0.29) is 11.9 Å². The van der Waals surface area contributed by atoms with Crippen LogP contribution in [0.5, 0.6) is 0 Å². The first-order valence-electron chi connectivity index (χ1n) is 6.30. The van der Waals surface area contributed by atoms with E-state index < -0.39 is 0 Å². The van der Waals surface area contributed by atoms with Crippen molar-refractivity contribution in [3.05, 3.63) is 58.3 Å². The summed E-state index contributed by atoms with van der Waals surface area (Å²) in [5.41, 5.74) is 2.31. The standard InChI is InChI=1S/C15H16BrN3O/c1-10(11-3-5-12(16)6-4-11)19-15(20)14-9-13(17-2)7-8-18-14/h3-10H,1-2H3,(H,17,18)(H,19,20). The van der Waals surface area contributed by atoms with E-state index in [4.69, 9.17) is 0 Å². The predicted octanol–water partition coefficient (Wildman–Crippen LogP) is 3.38. The fourth-order valence-corrected chi connectivity index (χ4v) is 2.08. The molecule has 1 aromatic carbocycles. The number of rotatable bonds is 4. The number of hydrogen-bond acceptors (Lipinski definition) is 3. The lowest BCUT2D eigenvalue weighted by Gasteiger charge is -2.14. The Balaban J connectivity index is 2.08. The average molecular weight is 334 g/mol. The fourth-order valence-electron chi connectivity index (χ4n) is 1.82. The van der Waals surface area contributed by atoms with Crippen LogP contribution in [0.3, 0.4) is 0 Å². The second-order valence-electron chi connectivity index (χ2n) is 4.43. The number of anilines is 1. The van der Waals surface area contributed by atoms with Crippen molar-refractivity contribution in [3.8, 4) is 0 Å². The number of nitrogens with one attached hydrogen (secondary N) is 2. The first-order valence-corrected chi connectivity index (χ1v) is 7.09. The fraction of sp³-hybridized carbons (Fsp3) is 0.200. The Kier molecular flexibility index (Phi) is 4.74. The largest absolute Gasteiger partial charge is 0.388 e. The van der Waals surface area contributed by atoms with Crippen LogP contribution in [0.1, 0.15) is 29.0 Å². The minimum atomic E-state index is -0.183. The summed E-state index contributed by atoms with van der Waals surface area (Å²) < 4.78 is 1.02. The van der Waals surface area contributed by atoms with Crippen LogP contribution in [0.15, 0.2) is 47.1 Å². The van der Waals surface area contributed by atoms with Gasteiger partial charge in [0.2, 0.25) is 0 Å². The molecule has 0 saturated carbocycles. The minimum absolute atomic E-state index is 0.0735. The molecule has 1 unspecified atom stereocenters. The molecule has 0 saturated heterocycles. The molecule has 1 aromatic heterocycles. The average Bonchev–Trinajstić information content (AvgIpc) is 2.47. The number of benzene rings is 1. The molecule has 1 heterocycles. The van der Waals surface area contributed by atoms with Crippen LogP contribution in [0, 0.1) is 0 Å². The summed E-state index contributed by atoms with van der Waals surface area (Å²) in [6.07, 6.45) is 1.62. The number of carbonyl (C=O) groups is 1. The Morgan fingerprint density at radius 1 is 1.25 bits per heavy atom. The maximum absolute atomic E-state index is 12.2. The Morgan fingerprint density at radius 3 is 2.60 bits per heavy atom. The van der Waals surface area contributed by atoms with E-state index in [9.17, 15) is 4.79 Å². The lowest BCUT2D eigenvalue weighted by molar-refractivity contribution is 0.0935. The molecule has 4 nitrogen and oxygen atoms in total. The molecule has 2 N–H and O–H groups in total. The zero-order valence-corrected chi connectivity index (χ0v) is 12.9. The summed E-state index contributed by atoms with van der Waals surface area (Å²) in [4.78, 5) is 16.2. The molecule has 2 aromatic rings. The van der Waals surface area contributed by atoms with Crippen molar-refractivity contribution in [1.82, 2.24) is 10.3 Å². The van der Waals surface area contributed by atoms with Gasteiger partial charge in [0.05, 0.1) is 6.04 Å². The third-order valence-electron chi connectivity index (χ3n) is 3.00. The van der Waals surface area contributed by atoms with Crippen molar-refractivity contribution >= 4 is 27.5 Å². The second-order valence-corrected chi connectivity index (χ2v) is 5.34. The van der Waals surface area contributed by atoms with Crippen molar-refractivity contribution in [1.29, 1.82) is 0 Å². The molecule has 5 heteroatoms. The maximum atomic E-state index is 12.2. The summed E-state index contributed by atoms with van der Waals surface area (Å²) in [5.74, 6) is -0.183. The monoisotopic (exact) mass is 333 g/mol. The van der Waals surface area contributed by atoms with Gasteiger partial charge in [0.25, 0.3) is 5.91 Å². The van der Waals surface area contributed by atoms with Crippen LogP contribution in [0.25, 0.3) is 0 Å². The van der Waals surface area contributed by atoms with Crippen LogP contribution in [-0.2, 0) is 0 Å². The number of hydrogen-bond donors (Lipinski definition) is 2. The molecule has 0 aliphatic carbocycles. The van der Waals surface area contributed by atoms with Gasteiger partial charge in [0.1, 0.15) is 5.69 Å². The zero-order valence-electron chi connectivity index (χ0n) is 11.4. The highest BCUT2D eigenvalue weighted by atomic mass is 79.9. The van der Waals surface area contributed by atoms with Gasteiger partial charge in [-0.3, -0.25) is 9.78 Å². The number of nitrogens with zero attached hydrogens (tertiary/aromatic N) is 1. The first-order chi connectivity index (χ1) is 9.60. The van der Waals surface area contributed by atoms with E-state index in [0.29, 0.717) is 5.69 Å². The molecule has 0 bridgehead atoms. The lowest BCUT2D eigenvalue weighted by atomic mass is 10.1. The molecule has 0 aliphatic rings. The molecule has 0 fully saturated rings. The van der Waals surface area contributed by atoms with Crippen LogP contribution in [0.2, 0.25) is 0 Å². The predicted molar refractivity (Wildman–Crippen MR) is 83.8 cm³/mol. The molecule has 1 atom stereocenters. The quantitative estimate of drug-likeness (QED) is 0.901. The van der Waals surface area contributed by atoms with Gasteiger partial charge in [-0.1, -0.05) is 28.1 Å². The normalized spacial score (nSPS) is 11.8. The van der Waals surface area contributed by atoms with Crippen molar-refractivity contribution in [2.24, 2.45) is 0 Å². The third-order valence-corrected chi connectivity index (χ3v) is 3.53. The van der Waals surface area contributed by atoms with Gasteiger partial charge >= 0.3 is 0 Å². The Hall–Kier alpha value is -1.88. The van der Waals surface area contributed by atoms with Gasteiger partial charge < -0.3 is 10.6 Å². The maximum Gasteiger partial charge on any atom is 0.270 e. The highest BCUT2D eigenvalue weighted by molar-refractivity contribution is 9.10. The number of aromatic nitrogens is 1. The van der Waals surface area contributed by atoms with Gasteiger partial charge in [0.15, 0.2) is 0 Å². The summed E-state index contributed by atoms with van der Waals surface area (Å²) in [5, 5.41) is 5.93. The summed E-state index contributed by atoms with van der Waals surface area (Å²) in [6, 6.07) is 11.3. The molecule has 0 radical (unpaired) electrons. The van der Waals surface area contributed by atoms with E-state index in [0.717, 1.165) is 15.7 Å². The van der Waals surface area contributed by atoms with E-state index in [1.807, 2.05) is 44.3 Å². The Bertz CT molecular complexity index is 598. The highest BCUT2D eigenvalue weighted by Gasteiger charge is 2.12. The van der Waals surface area contributed by atoms with Gasteiger partial charge in [0, 0.05) is 23.4 Å². The SMILES string of the molecule is CNc1ccnc(C(=O)NC(C)c2ccc(Br)cc2)c1. The second kappa shape index (κ2) is 6.52. The zero-order chi connectivity index (χ0) is 14.5. The molecule has 0 aliphatic heterocycles. The summed E-state index contributed by atoms with van der Waals surface area (Å²) in [6.45, 7) is 1.95. The van der Waals surface area contributed by atoms with Gasteiger partial charge in [-0.25, -0.2) is 0 Å². The van der Waals surface area contributed by atoms with E-state index in [1.54, 1.807) is 12.3 Å². The Labute approximate surface area is 126 Å². The van der Waals surface area contributed by atoms with Crippen LogP contribution in [0.4, 0.5) is 5.69 Å². The van der Waals surface area contributed by atoms with E-state index >= 15 is 0 Å². The summed E-state index contributed by atoms with van der Waals surface area (Å²) >= 11 is 3.39. The van der Waals surface area contributed by atoms with Crippen molar-refractivity contribution in [2.75, 3.05) is 12.4 Å². The summed E-state index contributed by atoms with van der Waals surface area (Å²) in [7, 11) is 1.81. The molecule has 104 valence electrons. The van der Waals surface area contributed by atoms with Gasteiger partial charge in [-0.05, 0) is 36.8 Å².